The number of carbonyl (C=O) groups excluding carboxylic acids is 1. The molecule has 1 aliphatic carbocycles. The van der Waals surface area contributed by atoms with Crippen molar-refractivity contribution in [1.29, 1.82) is 0 Å². The van der Waals surface area contributed by atoms with Crippen molar-refractivity contribution in [2.45, 2.75) is 19.3 Å². The fourth-order valence-corrected chi connectivity index (χ4v) is 3.09. The molecule has 0 radical (unpaired) electrons. The van der Waals surface area contributed by atoms with E-state index in [1.807, 2.05) is 43.3 Å². The zero-order valence-corrected chi connectivity index (χ0v) is 12.9. The zero-order chi connectivity index (χ0) is 14.1. The number of carbonyl (C=O) groups is 1. The van der Waals surface area contributed by atoms with Crippen LogP contribution < -0.4 is 5.32 Å². The molecule has 0 saturated heterocycles. The summed E-state index contributed by atoms with van der Waals surface area (Å²) in [5.41, 5.74) is 3.28. The number of anilines is 1. The van der Waals surface area contributed by atoms with Gasteiger partial charge in [-0.05, 0) is 58.5 Å². The predicted molar refractivity (Wildman–Crippen MR) is 84.8 cm³/mol. The van der Waals surface area contributed by atoms with Gasteiger partial charge in [0.1, 0.15) is 0 Å². The molecule has 0 aliphatic heterocycles. The normalized spacial score (nSPS) is 20.5. The van der Waals surface area contributed by atoms with E-state index in [9.17, 15) is 4.79 Å². The molecular weight excluding hydrogens is 314 g/mol. The summed E-state index contributed by atoms with van der Waals surface area (Å²) in [7, 11) is 0. The summed E-state index contributed by atoms with van der Waals surface area (Å²) in [5.74, 6) is 0.592. The van der Waals surface area contributed by atoms with Gasteiger partial charge in [-0.1, -0.05) is 36.4 Å². The second kappa shape index (κ2) is 5.41. The molecule has 1 amide bonds. The molecule has 2 atom stereocenters. The van der Waals surface area contributed by atoms with Crippen LogP contribution in [-0.4, -0.2) is 5.91 Å². The smallest absolute Gasteiger partial charge is 0.228 e. The molecule has 3 rings (SSSR count). The molecule has 1 N–H and O–H groups in total. The van der Waals surface area contributed by atoms with E-state index in [4.69, 9.17) is 0 Å². The molecule has 0 spiro atoms. The molecule has 20 heavy (non-hydrogen) atoms. The Bertz CT molecular complexity index is 639. The van der Waals surface area contributed by atoms with Crippen molar-refractivity contribution in [3.63, 3.8) is 0 Å². The first kappa shape index (κ1) is 13.4. The number of hydrogen-bond acceptors (Lipinski definition) is 1. The molecule has 2 aromatic carbocycles. The van der Waals surface area contributed by atoms with Gasteiger partial charge in [-0.25, -0.2) is 0 Å². The van der Waals surface area contributed by atoms with Crippen LogP contribution >= 0.6 is 15.9 Å². The molecular formula is C17H16BrNO. The standard InChI is InChI=1S/C17H16BrNO/c1-11-7-8-16(15(18)9-11)19-17(20)14-10-13(14)12-5-3-2-4-6-12/h2-9,13-14H,10H2,1H3,(H,19,20)/t13-,14-/m1/s1. The third-order valence-corrected chi connectivity index (χ3v) is 4.39. The maximum absolute atomic E-state index is 12.3. The van der Waals surface area contributed by atoms with E-state index in [1.54, 1.807) is 0 Å². The lowest BCUT2D eigenvalue weighted by Gasteiger charge is -2.08. The molecule has 2 aromatic rings. The van der Waals surface area contributed by atoms with E-state index in [0.29, 0.717) is 5.92 Å². The van der Waals surface area contributed by atoms with Gasteiger partial charge in [0.25, 0.3) is 0 Å². The fourth-order valence-electron chi connectivity index (χ4n) is 2.50. The molecule has 1 aliphatic rings. The Morgan fingerprint density at radius 1 is 1.20 bits per heavy atom. The van der Waals surface area contributed by atoms with Gasteiger partial charge < -0.3 is 5.32 Å². The summed E-state index contributed by atoms with van der Waals surface area (Å²) in [4.78, 5) is 12.3. The Balaban J connectivity index is 1.67. The van der Waals surface area contributed by atoms with Gasteiger partial charge in [0, 0.05) is 10.4 Å². The van der Waals surface area contributed by atoms with Crippen LogP contribution in [-0.2, 0) is 4.79 Å². The summed E-state index contributed by atoms with van der Waals surface area (Å²) in [6.45, 7) is 2.03. The molecule has 1 saturated carbocycles. The second-order valence-corrected chi connectivity index (χ2v) is 6.19. The van der Waals surface area contributed by atoms with Crippen molar-refractivity contribution in [1.82, 2.24) is 0 Å². The number of aryl methyl sites for hydroxylation is 1. The first-order chi connectivity index (χ1) is 9.65. The average Bonchev–Trinajstić information content (AvgIpc) is 3.23. The molecule has 2 nitrogen and oxygen atoms in total. The SMILES string of the molecule is Cc1ccc(NC(=O)[C@@H]2C[C@@H]2c2ccccc2)c(Br)c1. The van der Waals surface area contributed by atoms with Crippen molar-refractivity contribution in [3.05, 3.63) is 64.1 Å². The fraction of sp³-hybridized carbons (Fsp3) is 0.235. The topological polar surface area (TPSA) is 29.1 Å². The van der Waals surface area contributed by atoms with Gasteiger partial charge in [-0.3, -0.25) is 4.79 Å². The van der Waals surface area contributed by atoms with Crippen LogP contribution in [0.5, 0.6) is 0 Å². The van der Waals surface area contributed by atoms with E-state index in [2.05, 4.69) is 33.4 Å². The van der Waals surface area contributed by atoms with Crippen molar-refractivity contribution < 1.29 is 4.79 Å². The zero-order valence-electron chi connectivity index (χ0n) is 11.3. The van der Waals surface area contributed by atoms with Crippen LogP contribution in [0, 0.1) is 12.8 Å². The lowest BCUT2D eigenvalue weighted by Crippen LogP contribution is -2.14. The maximum Gasteiger partial charge on any atom is 0.228 e. The van der Waals surface area contributed by atoms with Crippen LogP contribution in [0.15, 0.2) is 53.0 Å². The van der Waals surface area contributed by atoms with E-state index in [-0.39, 0.29) is 11.8 Å². The van der Waals surface area contributed by atoms with E-state index in [1.165, 1.54) is 11.1 Å². The molecule has 0 unspecified atom stereocenters. The Hall–Kier alpha value is -1.61. The van der Waals surface area contributed by atoms with Crippen LogP contribution in [0.3, 0.4) is 0 Å². The monoisotopic (exact) mass is 329 g/mol. The minimum absolute atomic E-state index is 0.102. The van der Waals surface area contributed by atoms with Gasteiger partial charge in [0.05, 0.1) is 5.69 Å². The lowest BCUT2D eigenvalue weighted by molar-refractivity contribution is -0.117. The van der Waals surface area contributed by atoms with Crippen LogP contribution in [0.1, 0.15) is 23.5 Å². The Labute approximate surface area is 127 Å². The average molecular weight is 330 g/mol. The molecule has 102 valence electrons. The highest BCUT2D eigenvalue weighted by molar-refractivity contribution is 9.10. The second-order valence-electron chi connectivity index (χ2n) is 5.33. The highest BCUT2D eigenvalue weighted by Crippen LogP contribution is 2.48. The Kier molecular flexibility index (Phi) is 3.62. The van der Waals surface area contributed by atoms with Crippen LogP contribution in [0.25, 0.3) is 0 Å². The van der Waals surface area contributed by atoms with E-state index < -0.39 is 0 Å². The summed E-state index contributed by atoms with van der Waals surface area (Å²) in [5, 5.41) is 3.01. The van der Waals surface area contributed by atoms with Crippen molar-refractivity contribution in [3.8, 4) is 0 Å². The molecule has 0 bridgehead atoms. The summed E-state index contributed by atoms with van der Waals surface area (Å²) >= 11 is 3.49. The first-order valence-electron chi connectivity index (χ1n) is 6.77. The van der Waals surface area contributed by atoms with Gasteiger partial charge in [0.15, 0.2) is 0 Å². The Morgan fingerprint density at radius 2 is 1.95 bits per heavy atom. The Morgan fingerprint density at radius 3 is 2.65 bits per heavy atom. The third kappa shape index (κ3) is 2.78. The largest absolute Gasteiger partial charge is 0.325 e. The summed E-state index contributed by atoms with van der Waals surface area (Å²) in [6, 6.07) is 16.2. The highest BCUT2D eigenvalue weighted by atomic mass is 79.9. The predicted octanol–water partition coefficient (Wildman–Crippen LogP) is 4.50. The quantitative estimate of drug-likeness (QED) is 0.882. The van der Waals surface area contributed by atoms with Gasteiger partial charge in [0.2, 0.25) is 5.91 Å². The number of benzene rings is 2. The molecule has 0 heterocycles. The minimum atomic E-state index is 0.102. The molecule has 1 fully saturated rings. The van der Waals surface area contributed by atoms with Crippen LogP contribution in [0.4, 0.5) is 5.69 Å². The van der Waals surface area contributed by atoms with Gasteiger partial charge >= 0.3 is 0 Å². The van der Waals surface area contributed by atoms with E-state index in [0.717, 1.165) is 16.6 Å². The number of hydrogen-bond donors (Lipinski definition) is 1. The third-order valence-electron chi connectivity index (χ3n) is 3.74. The van der Waals surface area contributed by atoms with Crippen molar-refractivity contribution in [2.75, 3.05) is 5.32 Å². The molecule has 3 heteroatoms. The number of halogens is 1. The minimum Gasteiger partial charge on any atom is -0.325 e. The highest BCUT2D eigenvalue weighted by Gasteiger charge is 2.43. The summed E-state index contributed by atoms with van der Waals surface area (Å²) < 4.78 is 0.933. The number of nitrogens with one attached hydrogen (secondary N) is 1. The maximum atomic E-state index is 12.3. The van der Waals surface area contributed by atoms with Crippen molar-refractivity contribution >= 4 is 27.5 Å². The molecule has 0 aromatic heterocycles. The number of amides is 1. The first-order valence-corrected chi connectivity index (χ1v) is 7.56. The van der Waals surface area contributed by atoms with Gasteiger partial charge in [-0.15, -0.1) is 0 Å². The van der Waals surface area contributed by atoms with Gasteiger partial charge in [-0.2, -0.15) is 0 Å². The summed E-state index contributed by atoms with van der Waals surface area (Å²) in [6.07, 6.45) is 0.944. The lowest BCUT2D eigenvalue weighted by atomic mass is 10.1. The van der Waals surface area contributed by atoms with Crippen molar-refractivity contribution in [2.24, 2.45) is 5.92 Å². The van der Waals surface area contributed by atoms with E-state index >= 15 is 0 Å². The van der Waals surface area contributed by atoms with Crippen LogP contribution in [0.2, 0.25) is 0 Å². The number of rotatable bonds is 3.